The number of nitrogens with zero attached hydrogens (tertiary/aromatic N) is 2. The van der Waals surface area contributed by atoms with Gasteiger partial charge in [0.25, 0.3) is 5.56 Å². The van der Waals surface area contributed by atoms with Crippen molar-refractivity contribution >= 4 is 10.0 Å². The fourth-order valence-corrected chi connectivity index (χ4v) is 6.39. The van der Waals surface area contributed by atoms with Gasteiger partial charge in [0.05, 0.1) is 11.8 Å². The van der Waals surface area contributed by atoms with Crippen LogP contribution >= 0.6 is 0 Å². The predicted molar refractivity (Wildman–Crippen MR) is 125 cm³/mol. The minimum Gasteiger partial charge on any atom is -0.379 e. The summed E-state index contributed by atoms with van der Waals surface area (Å²) >= 11 is 0. The van der Waals surface area contributed by atoms with Crippen molar-refractivity contribution in [1.82, 2.24) is 13.9 Å². The summed E-state index contributed by atoms with van der Waals surface area (Å²) in [7, 11) is -3.88. The molecule has 3 aromatic rings. The van der Waals surface area contributed by atoms with Gasteiger partial charge in [-0.2, -0.15) is 4.31 Å². The molecule has 0 amide bonds. The highest BCUT2D eigenvalue weighted by molar-refractivity contribution is 7.89. The maximum atomic E-state index is 13.6. The molecule has 4 rings (SSSR count). The molecule has 2 heterocycles. The van der Waals surface area contributed by atoms with E-state index < -0.39 is 44.5 Å². The molecule has 2 N–H and O–H groups in total. The van der Waals surface area contributed by atoms with Gasteiger partial charge in [-0.05, 0) is 54.7 Å². The molecule has 1 aliphatic rings. The minimum atomic E-state index is -3.88. The smallest absolute Gasteiger partial charge is 0.328 e. The van der Waals surface area contributed by atoms with Gasteiger partial charge in [-0.3, -0.25) is 9.78 Å². The average Bonchev–Trinajstić information content (AvgIpc) is 3.33. The maximum absolute atomic E-state index is 13.6. The molecule has 35 heavy (non-hydrogen) atoms. The SMILES string of the molecule is O=c1ccn(CCCS(=O)(=O)N2CCCC2C(O)(c2ccc(F)cc2)c2ccc(F)cc2)c(=O)[nH]1. The molecule has 0 bridgehead atoms. The van der Waals surface area contributed by atoms with Crippen LogP contribution in [0.25, 0.3) is 0 Å². The van der Waals surface area contributed by atoms with E-state index in [1.54, 1.807) is 0 Å². The van der Waals surface area contributed by atoms with Crippen molar-refractivity contribution in [3.8, 4) is 0 Å². The van der Waals surface area contributed by atoms with Crippen molar-refractivity contribution in [2.75, 3.05) is 12.3 Å². The van der Waals surface area contributed by atoms with Gasteiger partial charge >= 0.3 is 5.69 Å². The summed E-state index contributed by atoms with van der Waals surface area (Å²) in [5.41, 5.74) is -2.44. The van der Waals surface area contributed by atoms with Crippen LogP contribution < -0.4 is 11.2 Å². The number of sulfonamides is 1. The summed E-state index contributed by atoms with van der Waals surface area (Å²) < 4.78 is 56.4. The van der Waals surface area contributed by atoms with Crippen LogP contribution in [0.2, 0.25) is 0 Å². The molecular formula is C24H25F2N3O5S. The molecule has 2 aromatic carbocycles. The van der Waals surface area contributed by atoms with Gasteiger partial charge in [0.1, 0.15) is 17.2 Å². The summed E-state index contributed by atoms with van der Waals surface area (Å²) in [6.07, 6.45) is 2.23. The highest BCUT2D eigenvalue weighted by Gasteiger charge is 2.49. The normalized spacial score (nSPS) is 17.1. The monoisotopic (exact) mass is 505 g/mol. The van der Waals surface area contributed by atoms with Gasteiger partial charge in [-0.15, -0.1) is 0 Å². The van der Waals surface area contributed by atoms with E-state index in [9.17, 15) is 31.9 Å². The van der Waals surface area contributed by atoms with Gasteiger partial charge in [0.15, 0.2) is 0 Å². The van der Waals surface area contributed by atoms with Gasteiger partial charge in [0, 0.05) is 25.4 Å². The van der Waals surface area contributed by atoms with E-state index in [0.29, 0.717) is 12.8 Å². The van der Waals surface area contributed by atoms with E-state index in [1.165, 1.54) is 69.7 Å². The molecule has 8 nitrogen and oxygen atoms in total. The number of aromatic nitrogens is 2. The number of H-pyrrole nitrogens is 1. The predicted octanol–water partition coefficient (Wildman–Crippen LogP) is 1.94. The van der Waals surface area contributed by atoms with Crippen LogP contribution in [0.1, 0.15) is 30.4 Å². The van der Waals surface area contributed by atoms with Crippen LogP contribution in [0, 0.1) is 11.6 Å². The Morgan fingerprint density at radius 3 is 2.09 bits per heavy atom. The van der Waals surface area contributed by atoms with E-state index in [1.807, 2.05) is 0 Å². The van der Waals surface area contributed by atoms with Crippen LogP contribution in [0.15, 0.2) is 70.4 Å². The summed E-state index contributed by atoms with van der Waals surface area (Å²) in [6, 6.07) is 10.6. The number of halogens is 2. The Labute approximate surface area is 200 Å². The zero-order valence-corrected chi connectivity index (χ0v) is 19.5. The maximum Gasteiger partial charge on any atom is 0.328 e. The lowest BCUT2D eigenvalue weighted by molar-refractivity contribution is 0.0203. The second-order valence-corrected chi connectivity index (χ2v) is 10.6. The Balaban J connectivity index is 1.63. The molecule has 1 atom stereocenters. The van der Waals surface area contributed by atoms with E-state index in [0.717, 1.165) is 0 Å². The summed E-state index contributed by atoms with van der Waals surface area (Å²) in [6.45, 7) is 0.254. The highest BCUT2D eigenvalue weighted by Crippen LogP contribution is 2.41. The number of aryl methyl sites for hydroxylation is 1. The average molecular weight is 506 g/mol. The molecule has 186 valence electrons. The highest BCUT2D eigenvalue weighted by atomic mass is 32.2. The Bertz CT molecular complexity index is 1360. The largest absolute Gasteiger partial charge is 0.379 e. The number of hydrogen-bond donors (Lipinski definition) is 2. The minimum absolute atomic E-state index is 0.0769. The quantitative estimate of drug-likeness (QED) is 0.486. The molecule has 0 aliphatic carbocycles. The van der Waals surface area contributed by atoms with Crippen LogP contribution in [0.5, 0.6) is 0 Å². The third kappa shape index (κ3) is 5.12. The zero-order chi connectivity index (χ0) is 25.2. The first-order valence-corrected chi connectivity index (χ1v) is 12.8. The Morgan fingerprint density at radius 2 is 1.54 bits per heavy atom. The Morgan fingerprint density at radius 1 is 0.971 bits per heavy atom. The first-order valence-electron chi connectivity index (χ1n) is 11.1. The van der Waals surface area contributed by atoms with Crippen LogP contribution in [0.4, 0.5) is 8.78 Å². The van der Waals surface area contributed by atoms with E-state index in [2.05, 4.69) is 4.98 Å². The van der Waals surface area contributed by atoms with Gasteiger partial charge in [-0.25, -0.2) is 22.0 Å². The third-order valence-electron chi connectivity index (χ3n) is 6.31. The Kier molecular flexibility index (Phi) is 7.02. The zero-order valence-electron chi connectivity index (χ0n) is 18.7. The fraction of sp³-hybridized carbons (Fsp3) is 0.333. The number of hydrogen-bond acceptors (Lipinski definition) is 5. The van der Waals surface area contributed by atoms with Crippen molar-refractivity contribution in [1.29, 1.82) is 0 Å². The number of aliphatic hydroxyl groups is 1. The lowest BCUT2D eigenvalue weighted by atomic mass is 9.79. The van der Waals surface area contributed by atoms with E-state index >= 15 is 0 Å². The van der Waals surface area contributed by atoms with E-state index in [4.69, 9.17) is 0 Å². The van der Waals surface area contributed by atoms with Crippen molar-refractivity contribution < 1.29 is 22.3 Å². The van der Waals surface area contributed by atoms with Crippen molar-refractivity contribution in [2.24, 2.45) is 0 Å². The third-order valence-corrected chi connectivity index (χ3v) is 8.27. The number of nitrogens with one attached hydrogen (secondary N) is 1. The van der Waals surface area contributed by atoms with Gasteiger partial charge < -0.3 is 9.67 Å². The first-order chi connectivity index (χ1) is 16.6. The molecule has 1 aliphatic heterocycles. The summed E-state index contributed by atoms with van der Waals surface area (Å²) in [5, 5.41) is 12.0. The van der Waals surface area contributed by atoms with Crippen LogP contribution in [-0.4, -0.2) is 45.7 Å². The number of rotatable bonds is 8. The van der Waals surface area contributed by atoms with Crippen molar-refractivity contribution in [3.05, 3.63) is 104 Å². The molecule has 0 saturated carbocycles. The standard InChI is InChI=1S/C24H25F2N3O5S/c25-19-8-4-17(5-9-19)24(32,18-6-10-20(26)11-7-18)21-3-1-14-29(21)35(33,34)16-2-13-28-15-12-22(30)27-23(28)31/h4-12,15,21,32H,1-3,13-14,16H2,(H,27,30,31). The lowest BCUT2D eigenvalue weighted by Crippen LogP contribution is -2.51. The molecular weight excluding hydrogens is 480 g/mol. The molecule has 1 aromatic heterocycles. The van der Waals surface area contributed by atoms with E-state index in [-0.39, 0.29) is 36.4 Å². The molecule has 1 unspecified atom stereocenters. The molecule has 0 spiro atoms. The first kappa shape index (κ1) is 25.0. The molecule has 0 radical (unpaired) electrons. The van der Waals surface area contributed by atoms with Crippen molar-refractivity contribution in [3.63, 3.8) is 0 Å². The van der Waals surface area contributed by atoms with Crippen LogP contribution in [-0.2, 0) is 22.2 Å². The van der Waals surface area contributed by atoms with Crippen molar-refractivity contribution in [2.45, 2.75) is 37.5 Å². The fourth-order valence-electron chi connectivity index (χ4n) is 4.60. The van der Waals surface area contributed by atoms with Gasteiger partial charge in [-0.1, -0.05) is 24.3 Å². The lowest BCUT2D eigenvalue weighted by Gasteiger charge is -2.39. The summed E-state index contributed by atoms with van der Waals surface area (Å²) in [5.74, 6) is -1.31. The topological polar surface area (TPSA) is 112 Å². The Hall–Kier alpha value is -3.15. The number of aromatic amines is 1. The molecule has 1 saturated heterocycles. The molecule has 1 fully saturated rings. The van der Waals surface area contributed by atoms with Gasteiger partial charge in [0.2, 0.25) is 10.0 Å². The number of benzene rings is 2. The second-order valence-electron chi connectivity index (χ2n) is 8.52. The van der Waals surface area contributed by atoms with Crippen LogP contribution in [0.3, 0.4) is 0 Å². The molecule has 11 heteroatoms. The summed E-state index contributed by atoms with van der Waals surface area (Å²) in [4.78, 5) is 25.2. The second kappa shape index (κ2) is 9.84.